The van der Waals surface area contributed by atoms with E-state index in [0.29, 0.717) is 18.5 Å². The minimum atomic E-state index is -0.872. The molecule has 0 saturated carbocycles. The van der Waals surface area contributed by atoms with Crippen LogP contribution in [0.2, 0.25) is 0 Å². The Morgan fingerprint density at radius 2 is 1.54 bits per heavy atom. The quantitative estimate of drug-likeness (QED) is 0.192. The molecule has 12 nitrogen and oxygen atoms in total. The summed E-state index contributed by atoms with van der Waals surface area (Å²) in [5.41, 5.74) is 0.711. The van der Waals surface area contributed by atoms with Crippen molar-refractivity contribution in [1.82, 2.24) is 25.3 Å². The summed E-state index contributed by atoms with van der Waals surface area (Å²) in [6, 6.07) is 7.54. The van der Waals surface area contributed by atoms with Crippen LogP contribution in [0.4, 0.5) is 0 Å². The van der Waals surface area contributed by atoms with Crippen molar-refractivity contribution < 1.29 is 33.8 Å². The van der Waals surface area contributed by atoms with E-state index in [9.17, 15) is 24.3 Å². The van der Waals surface area contributed by atoms with Crippen molar-refractivity contribution in [3.8, 4) is 0 Å². The van der Waals surface area contributed by atoms with Gasteiger partial charge in [0.2, 0.25) is 23.6 Å². The van der Waals surface area contributed by atoms with Crippen LogP contribution in [0, 0.1) is 17.8 Å². The number of aliphatic hydroxyl groups excluding tert-OH is 1. The zero-order valence-electron chi connectivity index (χ0n) is 34.3. The van der Waals surface area contributed by atoms with E-state index in [0.717, 1.165) is 12.8 Å². The maximum absolute atomic E-state index is 14.0. The van der Waals surface area contributed by atoms with Gasteiger partial charge in [-0.2, -0.15) is 0 Å². The normalized spacial score (nSPS) is 19.0. The number of ether oxygens (including phenoxy) is 2. The largest absolute Gasteiger partial charge is 0.386 e. The van der Waals surface area contributed by atoms with Crippen LogP contribution in [-0.2, 0) is 28.7 Å². The number of nitrogens with zero attached hydrogens (tertiary/aromatic N) is 3. The van der Waals surface area contributed by atoms with Gasteiger partial charge in [-0.3, -0.25) is 24.1 Å². The number of rotatable bonds is 19. The smallest absolute Gasteiger partial charge is 0.242 e. The van der Waals surface area contributed by atoms with Crippen LogP contribution in [0.25, 0.3) is 0 Å². The first-order valence-corrected chi connectivity index (χ1v) is 19.1. The Bertz CT molecular complexity index is 1210. The van der Waals surface area contributed by atoms with Gasteiger partial charge in [-0.05, 0) is 51.3 Å². The zero-order valence-corrected chi connectivity index (χ0v) is 34.3. The average molecular weight is 734 g/mol. The second-order valence-corrected chi connectivity index (χ2v) is 14.9. The summed E-state index contributed by atoms with van der Waals surface area (Å²) >= 11 is 0. The van der Waals surface area contributed by atoms with E-state index >= 15 is 0 Å². The lowest BCUT2D eigenvalue weighted by Gasteiger charge is -2.39. The highest BCUT2D eigenvalue weighted by molar-refractivity contribution is 5.87. The number of likely N-dealkylation sites (tertiary alicyclic amines) is 1. The van der Waals surface area contributed by atoms with Crippen LogP contribution in [-0.4, -0.2) is 128 Å². The van der Waals surface area contributed by atoms with E-state index in [2.05, 4.69) is 24.5 Å². The van der Waals surface area contributed by atoms with Gasteiger partial charge in [0, 0.05) is 27.8 Å². The number of aliphatic hydroxyl groups is 1. The third-order valence-corrected chi connectivity index (χ3v) is 10.2. The van der Waals surface area contributed by atoms with Crippen molar-refractivity contribution in [3.63, 3.8) is 0 Å². The minimum absolute atomic E-state index is 0.00522. The maximum atomic E-state index is 14.0. The van der Waals surface area contributed by atoms with E-state index in [4.69, 9.17) is 9.47 Å². The number of amides is 4. The number of carbonyl (C=O) groups excluding carboxylic acids is 4. The lowest BCUT2D eigenvalue weighted by Crippen LogP contribution is -2.55. The topological polar surface area (TPSA) is 141 Å². The molecule has 1 aromatic rings. The highest BCUT2D eigenvalue weighted by Gasteiger charge is 2.42. The molecule has 1 aliphatic rings. The van der Waals surface area contributed by atoms with Gasteiger partial charge in [0.05, 0.1) is 61.4 Å². The molecule has 1 aromatic carbocycles. The lowest BCUT2D eigenvalue weighted by atomic mass is 9.90. The van der Waals surface area contributed by atoms with Crippen LogP contribution >= 0.6 is 0 Å². The first kappa shape index (κ1) is 47.0. The Morgan fingerprint density at radius 3 is 2.04 bits per heavy atom. The van der Waals surface area contributed by atoms with Gasteiger partial charge in [-0.15, -0.1) is 0 Å². The molecule has 0 bridgehead atoms. The summed E-state index contributed by atoms with van der Waals surface area (Å²) in [4.78, 5) is 58.9. The van der Waals surface area contributed by atoms with Gasteiger partial charge in [0.25, 0.3) is 0 Å². The van der Waals surface area contributed by atoms with Crippen molar-refractivity contribution in [3.05, 3.63) is 35.9 Å². The van der Waals surface area contributed by atoms with E-state index in [1.54, 1.807) is 44.9 Å². The molecule has 1 heterocycles. The van der Waals surface area contributed by atoms with Crippen molar-refractivity contribution in [1.29, 1.82) is 0 Å². The summed E-state index contributed by atoms with van der Waals surface area (Å²) in [7, 11) is 8.48. The van der Waals surface area contributed by atoms with Crippen molar-refractivity contribution in [2.24, 2.45) is 17.8 Å². The number of methoxy groups -OCH3 is 2. The fourth-order valence-electron chi connectivity index (χ4n) is 7.22. The summed E-state index contributed by atoms with van der Waals surface area (Å²) in [5.74, 6) is -1.40. The monoisotopic (exact) mass is 734 g/mol. The van der Waals surface area contributed by atoms with E-state index in [-0.39, 0.29) is 60.5 Å². The molecule has 9 atom stereocenters. The maximum Gasteiger partial charge on any atom is 0.242 e. The molecule has 0 aliphatic carbocycles. The van der Waals surface area contributed by atoms with Gasteiger partial charge in [0.15, 0.2) is 0 Å². The molecule has 4 amide bonds. The van der Waals surface area contributed by atoms with Gasteiger partial charge in [-0.1, -0.05) is 91.6 Å². The van der Waals surface area contributed by atoms with Crippen molar-refractivity contribution in [2.75, 3.05) is 48.5 Å². The summed E-state index contributed by atoms with van der Waals surface area (Å²) in [6.45, 7) is 16.1. The number of carbonyl (C=O) groups is 4. The van der Waals surface area contributed by atoms with Crippen molar-refractivity contribution >= 4 is 23.6 Å². The molecule has 0 radical (unpaired) electrons. The molecule has 1 saturated heterocycles. The minimum Gasteiger partial charge on any atom is -0.386 e. The zero-order chi connectivity index (χ0) is 39.7. The van der Waals surface area contributed by atoms with E-state index < -0.39 is 36.3 Å². The Kier molecular flexibility index (Phi) is 21.3. The molecule has 7 unspecified atom stereocenters. The molecule has 2 rings (SSSR count). The molecule has 12 heteroatoms. The molecule has 1 fully saturated rings. The SMILES string of the molecule is CCC.CCC(C)C(C(CC(=O)N1CCC[C@H]1C(OC)C(C)C(=O)N[C@H](C)C(O)c1ccccc1)OC)N(C)C(=O)CNC(=O)C(C(C)C)N(C)C. The van der Waals surface area contributed by atoms with E-state index in [1.807, 2.05) is 77.0 Å². The first-order chi connectivity index (χ1) is 24.5. The van der Waals surface area contributed by atoms with Crippen LogP contribution in [0.15, 0.2) is 30.3 Å². The van der Waals surface area contributed by atoms with Gasteiger partial charge in [-0.25, -0.2) is 0 Å². The van der Waals surface area contributed by atoms with Crippen LogP contribution in [0.1, 0.15) is 99.2 Å². The van der Waals surface area contributed by atoms with Gasteiger partial charge >= 0.3 is 0 Å². The molecular weight excluding hydrogens is 662 g/mol. The highest BCUT2D eigenvalue weighted by atomic mass is 16.5. The molecule has 3 N–H and O–H groups in total. The molecule has 1 aliphatic heterocycles. The molecular formula is C40H71N5O7. The standard InChI is InChI=1S/C37H63N5O7.C3H8/c1-12-24(4)33(41(9)31(44)22-38-37(47)32(23(2)3)40(7)8)29(48-10)21-30(43)42-20-16-19-28(42)35(49-11)25(5)36(46)39-26(6)34(45)27-17-14-13-15-18-27;1-3-2/h13-15,17-18,23-26,28-29,32-35,45H,12,16,19-22H2,1-11H3,(H,38,47)(H,39,46);3H2,1-2H3/t24?,25?,26-,28+,29?,32?,33?,34?,35?;/m1./s1. The number of likely N-dealkylation sites (N-methyl/N-ethyl adjacent to an activating group) is 2. The number of nitrogens with one attached hydrogen (secondary N) is 2. The Hall–Kier alpha value is -3.06. The Labute approximate surface area is 314 Å². The second-order valence-electron chi connectivity index (χ2n) is 14.9. The number of hydrogen-bond acceptors (Lipinski definition) is 8. The van der Waals surface area contributed by atoms with Crippen LogP contribution in [0.5, 0.6) is 0 Å². The molecule has 0 spiro atoms. The average Bonchev–Trinajstić information content (AvgIpc) is 3.60. The van der Waals surface area contributed by atoms with Crippen LogP contribution in [0.3, 0.4) is 0 Å². The summed E-state index contributed by atoms with van der Waals surface area (Å²) in [6.07, 6.45) is 1.45. The highest BCUT2D eigenvalue weighted by Crippen LogP contribution is 2.29. The third kappa shape index (κ3) is 13.4. The fourth-order valence-corrected chi connectivity index (χ4v) is 7.22. The summed E-state index contributed by atoms with van der Waals surface area (Å²) in [5, 5.41) is 16.5. The molecule has 298 valence electrons. The van der Waals surface area contributed by atoms with Crippen LogP contribution < -0.4 is 10.6 Å². The Balaban J connectivity index is 0.00000434. The second kappa shape index (κ2) is 23.6. The van der Waals surface area contributed by atoms with Gasteiger partial charge < -0.3 is 35.0 Å². The molecule has 0 aromatic heterocycles. The Morgan fingerprint density at radius 1 is 0.942 bits per heavy atom. The molecule has 52 heavy (non-hydrogen) atoms. The third-order valence-electron chi connectivity index (χ3n) is 10.2. The van der Waals surface area contributed by atoms with E-state index in [1.165, 1.54) is 6.42 Å². The van der Waals surface area contributed by atoms with Gasteiger partial charge in [0.1, 0.15) is 0 Å². The first-order valence-electron chi connectivity index (χ1n) is 19.1. The summed E-state index contributed by atoms with van der Waals surface area (Å²) < 4.78 is 11.8. The van der Waals surface area contributed by atoms with Crippen molar-refractivity contribution in [2.45, 2.75) is 130 Å². The predicted octanol–water partition coefficient (Wildman–Crippen LogP) is 4.26. The number of benzene rings is 1. The number of hydrogen-bond donors (Lipinski definition) is 3. The lowest BCUT2D eigenvalue weighted by molar-refractivity contribution is -0.146. The predicted molar refractivity (Wildman–Crippen MR) is 206 cm³/mol. The fraction of sp³-hybridized carbons (Fsp3) is 0.750.